The summed E-state index contributed by atoms with van der Waals surface area (Å²) in [6.07, 6.45) is 0.623. The van der Waals surface area contributed by atoms with Crippen molar-refractivity contribution in [3.63, 3.8) is 0 Å². The van der Waals surface area contributed by atoms with Gasteiger partial charge in [-0.05, 0) is 57.4 Å². The highest BCUT2D eigenvalue weighted by atomic mass is 16.2. The van der Waals surface area contributed by atoms with Crippen LogP contribution in [0.5, 0.6) is 0 Å². The van der Waals surface area contributed by atoms with Gasteiger partial charge in [0.15, 0.2) is 0 Å². The average molecular weight is 370 g/mol. The van der Waals surface area contributed by atoms with Gasteiger partial charge in [0, 0.05) is 23.5 Å². The number of nitrogens with one attached hydrogen (secondary N) is 4. The molecule has 0 radical (unpaired) electrons. The molecule has 8 heteroatoms. The van der Waals surface area contributed by atoms with Crippen LogP contribution < -0.4 is 27.0 Å². The van der Waals surface area contributed by atoms with Crippen molar-refractivity contribution in [3.8, 4) is 0 Å². The molecule has 8 nitrogen and oxygen atoms in total. The molecule has 1 aliphatic heterocycles. The maximum atomic E-state index is 12.5. The van der Waals surface area contributed by atoms with Crippen LogP contribution in [-0.2, 0) is 11.3 Å². The summed E-state index contributed by atoms with van der Waals surface area (Å²) in [5.74, 6) is 0.102. The second-order valence-electron chi connectivity index (χ2n) is 7.19. The SMILES string of the molecule is Cc1cc(C)cc(Nc2nc(C)cc(=O)n2CC(=O)NC2CC(C)NN2)c1. The molecule has 1 aromatic carbocycles. The van der Waals surface area contributed by atoms with E-state index in [1.165, 1.54) is 10.6 Å². The van der Waals surface area contributed by atoms with E-state index in [0.717, 1.165) is 23.2 Å². The zero-order chi connectivity index (χ0) is 19.6. The summed E-state index contributed by atoms with van der Waals surface area (Å²) in [5, 5.41) is 6.07. The highest BCUT2D eigenvalue weighted by Gasteiger charge is 2.22. The molecule has 4 N–H and O–H groups in total. The van der Waals surface area contributed by atoms with Crippen LogP contribution in [0.3, 0.4) is 0 Å². The molecule has 0 bridgehead atoms. The van der Waals surface area contributed by atoms with E-state index >= 15 is 0 Å². The lowest BCUT2D eigenvalue weighted by atomic mass is 10.1. The number of hydrazine groups is 1. The fourth-order valence-corrected chi connectivity index (χ4v) is 3.24. The number of benzene rings is 1. The number of aryl methyl sites for hydroxylation is 3. The Kier molecular flexibility index (Phi) is 5.57. The molecule has 3 rings (SSSR count). The van der Waals surface area contributed by atoms with Gasteiger partial charge in [0.1, 0.15) is 6.54 Å². The smallest absolute Gasteiger partial charge is 0.255 e. The minimum absolute atomic E-state index is 0.105. The third-order valence-corrected chi connectivity index (χ3v) is 4.34. The van der Waals surface area contributed by atoms with Gasteiger partial charge in [-0.2, -0.15) is 0 Å². The number of rotatable bonds is 5. The molecule has 2 unspecified atom stereocenters. The van der Waals surface area contributed by atoms with Gasteiger partial charge in [0.05, 0.1) is 6.17 Å². The van der Waals surface area contributed by atoms with Gasteiger partial charge < -0.3 is 10.6 Å². The van der Waals surface area contributed by atoms with Crippen LogP contribution in [0.15, 0.2) is 29.1 Å². The van der Waals surface area contributed by atoms with Crippen molar-refractivity contribution < 1.29 is 4.79 Å². The highest BCUT2D eigenvalue weighted by Crippen LogP contribution is 2.18. The summed E-state index contributed by atoms with van der Waals surface area (Å²) < 4.78 is 1.35. The van der Waals surface area contributed by atoms with Gasteiger partial charge in [-0.25, -0.2) is 10.4 Å². The predicted octanol–water partition coefficient (Wildman–Crippen LogP) is 1.24. The minimum Gasteiger partial charge on any atom is -0.338 e. The van der Waals surface area contributed by atoms with E-state index in [-0.39, 0.29) is 30.2 Å². The highest BCUT2D eigenvalue weighted by molar-refractivity contribution is 5.76. The standard InChI is InChI=1S/C19H26N6O2/c1-11-5-12(2)7-15(6-11)21-19-20-13(3)9-18(27)25(19)10-17(26)22-16-8-14(4)23-24-16/h5-7,9,14,16,23-24H,8,10H2,1-4H3,(H,20,21)(H,22,26). The summed E-state index contributed by atoms with van der Waals surface area (Å²) in [6.45, 7) is 7.69. The fraction of sp³-hybridized carbons (Fsp3) is 0.421. The molecule has 2 atom stereocenters. The van der Waals surface area contributed by atoms with Crippen LogP contribution in [0.4, 0.5) is 11.6 Å². The first-order chi connectivity index (χ1) is 12.8. The molecular weight excluding hydrogens is 344 g/mol. The second-order valence-corrected chi connectivity index (χ2v) is 7.19. The van der Waals surface area contributed by atoms with Crippen LogP contribution >= 0.6 is 0 Å². The van der Waals surface area contributed by atoms with Crippen molar-refractivity contribution in [2.45, 2.75) is 52.9 Å². The van der Waals surface area contributed by atoms with Crippen molar-refractivity contribution in [2.75, 3.05) is 5.32 Å². The van der Waals surface area contributed by atoms with Gasteiger partial charge in [-0.15, -0.1) is 0 Å². The number of anilines is 2. The van der Waals surface area contributed by atoms with E-state index in [9.17, 15) is 9.59 Å². The average Bonchev–Trinajstić information content (AvgIpc) is 2.94. The Morgan fingerprint density at radius 2 is 1.89 bits per heavy atom. The molecular formula is C19H26N6O2. The number of carbonyl (C=O) groups excluding carboxylic acids is 1. The topological polar surface area (TPSA) is 100 Å². The zero-order valence-electron chi connectivity index (χ0n) is 16.1. The molecule has 1 aromatic heterocycles. The third-order valence-electron chi connectivity index (χ3n) is 4.34. The van der Waals surface area contributed by atoms with Gasteiger partial charge in [-0.1, -0.05) is 6.07 Å². The fourth-order valence-electron chi connectivity index (χ4n) is 3.24. The van der Waals surface area contributed by atoms with Crippen molar-refractivity contribution in [1.29, 1.82) is 0 Å². The molecule has 2 aromatic rings. The Labute approximate surface area is 158 Å². The van der Waals surface area contributed by atoms with Crippen LogP contribution in [0.25, 0.3) is 0 Å². The first-order valence-corrected chi connectivity index (χ1v) is 9.04. The number of amides is 1. The first-order valence-electron chi connectivity index (χ1n) is 9.04. The summed E-state index contributed by atoms with van der Waals surface area (Å²) >= 11 is 0. The maximum Gasteiger partial charge on any atom is 0.255 e. The summed E-state index contributed by atoms with van der Waals surface area (Å²) in [7, 11) is 0. The number of nitrogens with zero attached hydrogens (tertiary/aromatic N) is 2. The van der Waals surface area contributed by atoms with Crippen LogP contribution in [0.2, 0.25) is 0 Å². The summed E-state index contributed by atoms with van der Waals surface area (Å²) in [4.78, 5) is 29.3. The third kappa shape index (κ3) is 4.93. The lowest BCUT2D eigenvalue weighted by Gasteiger charge is -2.16. The number of hydrogen-bond donors (Lipinski definition) is 4. The van der Waals surface area contributed by atoms with E-state index in [1.54, 1.807) is 6.92 Å². The second kappa shape index (κ2) is 7.89. The Hall–Kier alpha value is -2.71. The first kappa shape index (κ1) is 19.1. The largest absolute Gasteiger partial charge is 0.338 e. The van der Waals surface area contributed by atoms with Crippen molar-refractivity contribution >= 4 is 17.5 Å². The van der Waals surface area contributed by atoms with E-state index in [4.69, 9.17) is 0 Å². The van der Waals surface area contributed by atoms with Crippen LogP contribution in [-0.4, -0.2) is 27.7 Å². The molecule has 1 saturated heterocycles. The Balaban J connectivity index is 1.82. The van der Waals surface area contributed by atoms with Crippen molar-refractivity contribution in [1.82, 2.24) is 25.7 Å². The van der Waals surface area contributed by atoms with Gasteiger partial charge in [0.25, 0.3) is 5.56 Å². The molecule has 1 amide bonds. The van der Waals surface area contributed by atoms with E-state index in [0.29, 0.717) is 11.6 Å². The molecule has 0 spiro atoms. The molecule has 144 valence electrons. The Morgan fingerprint density at radius 1 is 1.19 bits per heavy atom. The van der Waals surface area contributed by atoms with Crippen LogP contribution in [0, 0.1) is 20.8 Å². The van der Waals surface area contributed by atoms with E-state index in [2.05, 4.69) is 32.5 Å². The van der Waals surface area contributed by atoms with Gasteiger partial charge in [-0.3, -0.25) is 19.6 Å². The lowest BCUT2D eigenvalue weighted by molar-refractivity contribution is -0.122. The van der Waals surface area contributed by atoms with Crippen LogP contribution in [0.1, 0.15) is 30.2 Å². The van der Waals surface area contributed by atoms with Gasteiger partial charge in [0.2, 0.25) is 11.9 Å². The number of carbonyl (C=O) groups is 1. The van der Waals surface area contributed by atoms with Gasteiger partial charge >= 0.3 is 0 Å². The maximum absolute atomic E-state index is 12.5. The monoisotopic (exact) mass is 370 g/mol. The zero-order valence-corrected chi connectivity index (χ0v) is 16.1. The molecule has 1 aliphatic rings. The molecule has 2 heterocycles. The minimum atomic E-state index is -0.268. The molecule has 1 fully saturated rings. The van der Waals surface area contributed by atoms with Crippen molar-refractivity contribution in [2.24, 2.45) is 0 Å². The summed E-state index contributed by atoms with van der Waals surface area (Å²) in [6, 6.07) is 7.72. The molecule has 27 heavy (non-hydrogen) atoms. The van der Waals surface area contributed by atoms with E-state index in [1.807, 2.05) is 32.9 Å². The quantitative estimate of drug-likeness (QED) is 0.632. The predicted molar refractivity (Wildman–Crippen MR) is 105 cm³/mol. The number of hydrogen-bond acceptors (Lipinski definition) is 6. The molecule has 0 aliphatic carbocycles. The Morgan fingerprint density at radius 3 is 2.52 bits per heavy atom. The normalized spacial score (nSPS) is 19.1. The lowest BCUT2D eigenvalue weighted by Crippen LogP contribution is -2.46. The summed E-state index contributed by atoms with van der Waals surface area (Å²) in [5.41, 5.74) is 9.43. The number of aromatic nitrogens is 2. The Bertz CT molecular complexity index is 887. The van der Waals surface area contributed by atoms with E-state index < -0.39 is 0 Å². The van der Waals surface area contributed by atoms with Crippen molar-refractivity contribution in [3.05, 3.63) is 51.4 Å². The molecule has 0 saturated carbocycles.